The number of nitrogens with one attached hydrogen (secondary N) is 1. The van der Waals surface area contributed by atoms with Gasteiger partial charge in [0.1, 0.15) is 5.82 Å². The Kier molecular flexibility index (Phi) is 6.26. The fourth-order valence-electron chi connectivity index (χ4n) is 2.12. The van der Waals surface area contributed by atoms with Crippen molar-refractivity contribution in [3.05, 3.63) is 48.0 Å². The van der Waals surface area contributed by atoms with Gasteiger partial charge in [-0.1, -0.05) is 19.1 Å². The minimum atomic E-state index is -0.144. The van der Waals surface area contributed by atoms with Crippen LogP contribution in [0.5, 0.6) is 0 Å². The zero-order chi connectivity index (χ0) is 15.1. The van der Waals surface area contributed by atoms with Crippen molar-refractivity contribution >= 4 is 11.8 Å². The van der Waals surface area contributed by atoms with Crippen molar-refractivity contribution < 1.29 is 4.39 Å². The number of aryl methyl sites for hydroxylation is 1. The Labute approximate surface area is 129 Å². The molecule has 1 heterocycles. The molecule has 2 rings (SSSR count). The van der Waals surface area contributed by atoms with Crippen molar-refractivity contribution in [2.45, 2.75) is 30.7 Å². The zero-order valence-corrected chi connectivity index (χ0v) is 13.4. The topological polar surface area (TPSA) is 29.9 Å². The highest BCUT2D eigenvalue weighted by Crippen LogP contribution is 2.22. The largest absolute Gasteiger partial charge is 0.313 e. The fourth-order valence-corrected chi connectivity index (χ4v) is 3.11. The van der Waals surface area contributed by atoms with E-state index in [1.165, 1.54) is 6.07 Å². The van der Waals surface area contributed by atoms with E-state index in [9.17, 15) is 4.39 Å². The quantitative estimate of drug-likeness (QED) is 0.759. The summed E-state index contributed by atoms with van der Waals surface area (Å²) in [4.78, 5) is 0.710. The molecular formula is C16H22FN3S. The predicted molar refractivity (Wildman–Crippen MR) is 86.1 cm³/mol. The third-order valence-corrected chi connectivity index (χ3v) is 4.40. The van der Waals surface area contributed by atoms with Crippen LogP contribution < -0.4 is 5.32 Å². The van der Waals surface area contributed by atoms with Crippen molar-refractivity contribution in [2.75, 3.05) is 12.3 Å². The van der Waals surface area contributed by atoms with Crippen LogP contribution >= 0.6 is 11.8 Å². The lowest BCUT2D eigenvalue weighted by atomic mass is 10.2. The molecular weight excluding hydrogens is 285 g/mol. The predicted octanol–water partition coefficient (Wildman–Crippen LogP) is 3.26. The van der Waals surface area contributed by atoms with Crippen LogP contribution in [0.15, 0.2) is 41.4 Å². The molecule has 0 radical (unpaired) electrons. The van der Waals surface area contributed by atoms with Gasteiger partial charge >= 0.3 is 0 Å². The van der Waals surface area contributed by atoms with Gasteiger partial charge in [-0.15, -0.1) is 11.8 Å². The molecule has 1 N–H and O–H groups in total. The number of hydrogen-bond donors (Lipinski definition) is 1. The van der Waals surface area contributed by atoms with Crippen molar-refractivity contribution in [1.29, 1.82) is 0 Å². The number of benzene rings is 1. The van der Waals surface area contributed by atoms with Crippen LogP contribution in [0.25, 0.3) is 0 Å². The fraction of sp³-hybridized carbons (Fsp3) is 0.438. The van der Waals surface area contributed by atoms with Gasteiger partial charge in [0, 0.05) is 36.4 Å². The average molecular weight is 307 g/mol. The van der Waals surface area contributed by atoms with E-state index in [-0.39, 0.29) is 5.82 Å². The van der Waals surface area contributed by atoms with E-state index >= 15 is 0 Å². The minimum Gasteiger partial charge on any atom is -0.313 e. The molecule has 0 bridgehead atoms. The summed E-state index contributed by atoms with van der Waals surface area (Å²) in [5.74, 6) is 0.687. The Morgan fingerprint density at radius 3 is 2.81 bits per heavy atom. The summed E-state index contributed by atoms with van der Waals surface area (Å²) in [6, 6.07) is 9.27. The molecule has 1 aromatic heterocycles. The molecule has 0 saturated heterocycles. The molecule has 0 aliphatic carbocycles. The van der Waals surface area contributed by atoms with Crippen LogP contribution in [0.3, 0.4) is 0 Å². The first-order chi connectivity index (χ1) is 10.2. The van der Waals surface area contributed by atoms with Crippen molar-refractivity contribution in [2.24, 2.45) is 7.05 Å². The maximum atomic E-state index is 13.7. The van der Waals surface area contributed by atoms with Gasteiger partial charge in [-0.3, -0.25) is 4.68 Å². The molecule has 1 aromatic carbocycles. The number of halogens is 1. The maximum Gasteiger partial charge on any atom is 0.136 e. The van der Waals surface area contributed by atoms with E-state index in [0.29, 0.717) is 10.9 Å². The molecule has 0 spiro atoms. The molecule has 0 aliphatic heterocycles. The molecule has 5 heteroatoms. The lowest BCUT2D eigenvalue weighted by Gasteiger charge is -2.17. The minimum absolute atomic E-state index is 0.144. The Balaban J connectivity index is 1.94. The Morgan fingerprint density at radius 1 is 1.33 bits per heavy atom. The normalized spacial score (nSPS) is 12.5. The van der Waals surface area contributed by atoms with E-state index in [1.807, 2.05) is 36.1 Å². The van der Waals surface area contributed by atoms with Crippen LogP contribution in [0, 0.1) is 5.82 Å². The number of hydrogen-bond acceptors (Lipinski definition) is 3. The Bertz CT molecular complexity index is 556. The van der Waals surface area contributed by atoms with Gasteiger partial charge in [0.05, 0.1) is 5.69 Å². The van der Waals surface area contributed by atoms with Crippen LogP contribution in [0.1, 0.15) is 19.0 Å². The highest BCUT2D eigenvalue weighted by molar-refractivity contribution is 7.99. The first-order valence-corrected chi connectivity index (χ1v) is 8.27. The van der Waals surface area contributed by atoms with E-state index in [0.717, 1.165) is 30.8 Å². The Hall–Kier alpha value is -1.33. The van der Waals surface area contributed by atoms with E-state index < -0.39 is 0 Å². The standard InChI is InChI=1S/C16H22FN3S/c1-3-9-18-14(11-13-8-10-20(2)19-13)12-21-16-7-5-4-6-15(16)17/h4-8,10,14,18H,3,9,11-12H2,1-2H3. The molecule has 1 unspecified atom stereocenters. The van der Waals surface area contributed by atoms with Crippen molar-refractivity contribution in [3.8, 4) is 0 Å². The van der Waals surface area contributed by atoms with Gasteiger partial charge in [-0.2, -0.15) is 5.10 Å². The van der Waals surface area contributed by atoms with Gasteiger partial charge in [-0.05, 0) is 31.2 Å². The summed E-state index contributed by atoms with van der Waals surface area (Å²) in [5, 5.41) is 7.95. The molecule has 0 fully saturated rings. The molecule has 0 aliphatic rings. The SMILES string of the molecule is CCCNC(CSc1ccccc1F)Cc1ccn(C)n1. The number of nitrogens with zero attached hydrogens (tertiary/aromatic N) is 2. The second-order valence-electron chi connectivity index (χ2n) is 5.08. The summed E-state index contributed by atoms with van der Waals surface area (Å²) in [7, 11) is 1.92. The molecule has 2 aromatic rings. The molecule has 0 saturated carbocycles. The van der Waals surface area contributed by atoms with Gasteiger partial charge in [-0.25, -0.2) is 4.39 Å². The van der Waals surface area contributed by atoms with E-state index in [4.69, 9.17) is 0 Å². The average Bonchev–Trinajstić information content (AvgIpc) is 2.88. The van der Waals surface area contributed by atoms with Gasteiger partial charge in [0.2, 0.25) is 0 Å². The third-order valence-electron chi connectivity index (χ3n) is 3.18. The summed E-state index contributed by atoms with van der Waals surface area (Å²) in [6.07, 6.45) is 3.90. The number of rotatable bonds is 8. The molecule has 3 nitrogen and oxygen atoms in total. The lowest BCUT2D eigenvalue weighted by molar-refractivity contribution is 0.540. The second-order valence-corrected chi connectivity index (χ2v) is 6.14. The highest BCUT2D eigenvalue weighted by Gasteiger charge is 2.12. The van der Waals surface area contributed by atoms with Gasteiger partial charge < -0.3 is 5.32 Å². The number of aromatic nitrogens is 2. The van der Waals surface area contributed by atoms with E-state index in [2.05, 4.69) is 17.3 Å². The van der Waals surface area contributed by atoms with Crippen LogP contribution in [0.2, 0.25) is 0 Å². The van der Waals surface area contributed by atoms with Crippen molar-refractivity contribution in [1.82, 2.24) is 15.1 Å². The third kappa shape index (κ3) is 5.17. The number of thioether (sulfide) groups is 1. The van der Waals surface area contributed by atoms with E-state index in [1.54, 1.807) is 17.8 Å². The Morgan fingerprint density at radius 2 is 2.14 bits per heavy atom. The van der Waals surface area contributed by atoms with Crippen LogP contribution in [-0.2, 0) is 13.5 Å². The highest BCUT2D eigenvalue weighted by atomic mass is 32.2. The molecule has 21 heavy (non-hydrogen) atoms. The summed E-state index contributed by atoms with van der Waals surface area (Å²) >= 11 is 1.56. The summed E-state index contributed by atoms with van der Waals surface area (Å²) < 4.78 is 15.5. The molecule has 0 amide bonds. The summed E-state index contributed by atoms with van der Waals surface area (Å²) in [5.41, 5.74) is 1.07. The summed E-state index contributed by atoms with van der Waals surface area (Å²) in [6.45, 7) is 3.12. The molecule has 114 valence electrons. The van der Waals surface area contributed by atoms with Crippen LogP contribution in [-0.4, -0.2) is 28.1 Å². The van der Waals surface area contributed by atoms with Gasteiger partial charge in [0.15, 0.2) is 0 Å². The van der Waals surface area contributed by atoms with Crippen LogP contribution in [0.4, 0.5) is 4.39 Å². The smallest absolute Gasteiger partial charge is 0.136 e. The first kappa shape index (κ1) is 16.0. The van der Waals surface area contributed by atoms with Gasteiger partial charge in [0.25, 0.3) is 0 Å². The zero-order valence-electron chi connectivity index (χ0n) is 12.6. The molecule has 1 atom stereocenters. The maximum absolute atomic E-state index is 13.7. The second kappa shape index (κ2) is 8.20. The lowest BCUT2D eigenvalue weighted by Crippen LogP contribution is -2.34. The monoisotopic (exact) mass is 307 g/mol. The van der Waals surface area contributed by atoms with Crippen molar-refractivity contribution in [3.63, 3.8) is 0 Å². The first-order valence-electron chi connectivity index (χ1n) is 7.28.